The number of nitrogens with one attached hydrogen (secondary N) is 1. The van der Waals surface area contributed by atoms with Crippen LogP contribution < -0.4 is 10.1 Å². The second-order valence-electron chi connectivity index (χ2n) is 6.27. The number of aliphatic carboxylic acids is 1. The van der Waals surface area contributed by atoms with Crippen molar-refractivity contribution < 1.29 is 24.2 Å². The fourth-order valence-corrected chi connectivity index (χ4v) is 1.84. The highest BCUT2D eigenvalue weighted by atomic mass is 16.5. The zero-order valence-corrected chi connectivity index (χ0v) is 14.1. The first-order valence-corrected chi connectivity index (χ1v) is 7.54. The predicted octanol–water partition coefficient (Wildman–Crippen LogP) is 1.97. The molecule has 0 bridgehead atoms. The van der Waals surface area contributed by atoms with Crippen LogP contribution in [0.4, 0.5) is 0 Å². The average molecular weight is 323 g/mol. The van der Waals surface area contributed by atoms with Gasteiger partial charge in [-0.3, -0.25) is 4.79 Å². The summed E-state index contributed by atoms with van der Waals surface area (Å²) in [4.78, 5) is 22.1. The quantitative estimate of drug-likeness (QED) is 0.715. The molecule has 1 atom stereocenters. The van der Waals surface area contributed by atoms with E-state index in [0.29, 0.717) is 5.75 Å². The maximum Gasteiger partial charge on any atom is 0.329 e. The molecule has 6 heteroatoms. The lowest BCUT2D eigenvalue weighted by molar-refractivity contribution is -0.142. The van der Waals surface area contributed by atoms with Crippen LogP contribution in [-0.2, 0) is 19.7 Å². The summed E-state index contributed by atoms with van der Waals surface area (Å²) in [6, 6.07) is 7.67. The van der Waals surface area contributed by atoms with Crippen LogP contribution in [0.15, 0.2) is 24.3 Å². The van der Waals surface area contributed by atoms with Gasteiger partial charge in [-0.25, -0.2) is 4.79 Å². The number of rotatable bonds is 8. The summed E-state index contributed by atoms with van der Waals surface area (Å²) < 4.78 is 10.4. The summed E-state index contributed by atoms with van der Waals surface area (Å²) in [5.41, 5.74) is 1.26. The van der Waals surface area contributed by atoms with Gasteiger partial charge in [-0.15, -0.1) is 0 Å². The number of carboxylic acids is 1. The Morgan fingerprint density at radius 1 is 1.22 bits per heavy atom. The molecular formula is C17H25NO5. The van der Waals surface area contributed by atoms with Gasteiger partial charge in [0.25, 0.3) is 5.91 Å². The maximum absolute atomic E-state index is 11.9. The van der Waals surface area contributed by atoms with E-state index in [0.717, 1.165) is 0 Å². The number of amides is 1. The van der Waals surface area contributed by atoms with E-state index in [1.54, 1.807) is 6.92 Å². The third-order valence-electron chi connectivity index (χ3n) is 3.17. The van der Waals surface area contributed by atoms with Crippen LogP contribution in [0.3, 0.4) is 0 Å². The van der Waals surface area contributed by atoms with Crippen molar-refractivity contribution in [3.63, 3.8) is 0 Å². The lowest BCUT2D eigenvalue weighted by Gasteiger charge is -2.20. The molecule has 0 aliphatic heterocycles. The van der Waals surface area contributed by atoms with Crippen LogP contribution in [0, 0.1) is 0 Å². The minimum Gasteiger partial charge on any atom is -0.481 e. The standard InChI is InChI=1S/C17H25NO5/c1-12(16(21)18-9-10-22-11-15(19)20)23-14-7-5-13(6-8-14)17(2,3)4/h5-8,12H,9-11H2,1-4H3,(H,18,21)(H,19,20). The average Bonchev–Trinajstić information content (AvgIpc) is 2.46. The molecule has 128 valence electrons. The van der Waals surface area contributed by atoms with E-state index in [9.17, 15) is 9.59 Å². The Hall–Kier alpha value is -2.08. The second kappa shape index (κ2) is 8.53. The van der Waals surface area contributed by atoms with Crippen molar-refractivity contribution in [3.05, 3.63) is 29.8 Å². The number of carbonyl (C=O) groups is 2. The third kappa shape index (κ3) is 7.15. The van der Waals surface area contributed by atoms with Crippen LogP contribution in [0.2, 0.25) is 0 Å². The molecule has 0 saturated heterocycles. The molecule has 1 amide bonds. The van der Waals surface area contributed by atoms with E-state index in [2.05, 4.69) is 26.1 Å². The number of hydrogen-bond acceptors (Lipinski definition) is 4. The van der Waals surface area contributed by atoms with Crippen LogP contribution in [0.25, 0.3) is 0 Å². The molecule has 2 N–H and O–H groups in total. The summed E-state index contributed by atoms with van der Waals surface area (Å²) in [7, 11) is 0. The number of benzene rings is 1. The van der Waals surface area contributed by atoms with Gasteiger partial charge in [-0.1, -0.05) is 32.9 Å². The minimum absolute atomic E-state index is 0.0669. The minimum atomic E-state index is -1.04. The smallest absolute Gasteiger partial charge is 0.329 e. The van der Waals surface area contributed by atoms with Gasteiger partial charge in [0.1, 0.15) is 12.4 Å². The lowest BCUT2D eigenvalue weighted by atomic mass is 9.87. The Bertz CT molecular complexity index is 519. The molecule has 0 spiro atoms. The van der Waals surface area contributed by atoms with Gasteiger partial charge in [-0.05, 0) is 30.0 Å². The molecule has 0 fully saturated rings. The van der Waals surface area contributed by atoms with E-state index in [4.69, 9.17) is 14.6 Å². The topological polar surface area (TPSA) is 84.9 Å². The van der Waals surface area contributed by atoms with Gasteiger partial charge in [-0.2, -0.15) is 0 Å². The van der Waals surface area contributed by atoms with E-state index in [1.165, 1.54) is 5.56 Å². The zero-order chi connectivity index (χ0) is 17.5. The summed E-state index contributed by atoms with van der Waals surface area (Å²) in [6.07, 6.45) is -0.644. The maximum atomic E-state index is 11.9. The van der Waals surface area contributed by atoms with Crippen molar-refractivity contribution in [1.82, 2.24) is 5.32 Å². The first kappa shape index (κ1) is 19.0. The number of carbonyl (C=O) groups excluding carboxylic acids is 1. The summed E-state index contributed by atoms with van der Waals surface area (Å²) in [5.74, 6) is -0.682. The Kier molecular flexibility index (Phi) is 7.03. The van der Waals surface area contributed by atoms with E-state index < -0.39 is 12.1 Å². The molecule has 23 heavy (non-hydrogen) atoms. The molecular weight excluding hydrogens is 298 g/mol. The molecule has 0 saturated carbocycles. The highest BCUT2D eigenvalue weighted by Crippen LogP contribution is 2.24. The SMILES string of the molecule is CC(Oc1ccc(C(C)(C)C)cc1)C(=O)NCCOCC(=O)O. The molecule has 6 nitrogen and oxygen atoms in total. The van der Waals surface area contributed by atoms with Gasteiger partial charge < -0.3 is 19.9 Å². The molecule has 0 aliphatic carbocycles. The van der Waals surface area contributed by atoms with Gasteiger partial charge in [0, 0.05) is 6.54 Å². The van der Waals surface area contributed by atoms with Crippen molar-refractivity contribution in [2.24, 2.45) is 0 Å². The lowest BCUT2D eigenvalue weighted by Crippen LogP contribution is -2.38. The molecule has 0 aromatic heterocycles. The van der Waals surface area contributed by atoms with Crippen molar-refractivity contribution in [1.29, 1.82) is 0 Å². The monoisotopic (exact) mass is 323 g/mol. The highest BCUT2D eigenvalue weighted by Gasteiger charge is 2.16. The number of ether oxygens (including phenoxy) is 2. The number of hydrogen-bond donors (Lipinski definition) is 2. The largest absolute Gasteiger partial charge is 0.481 e. The summed E-state index contributed by atoms with van der Waals surface area (Å²) in [5, 5.41) is 11.0. The third-order valence-corrected chi connectivity index (χ3v) is 3.17. The molecule has 1 aromatic rings. The van der Waals surface area contributed by atoms with Gasteiger partial charge in [0.15, 0.2) is 6.10 Å². The fourth-order valence-electron chi connectivity index (χ4n) is 1.84. The summed E-state index contributed by atoms with van der Waals surface area (Å²) >= 11 is 0. The van der Waals surface area contributed by atoms with Crippen molar-refractivity contribution in [2.75, 3.05) is 19.8 Å². The van der Waals surface area contributed by atoms with E-state index in [1.807, 2.05) is 24.3 Å². The van der Waals surface area contributed by atoms with Crippen molar-refractivity contribution >= 4 is 11.9 Å². The Balaban J connectivity index is 2.38. The Morgan fingerprint density at radius 2 is 1.83 bits per heavy atom. The van der Waals surface area contributed by atoms with Crippen LogP contribution in [0.5, 0.6) is 5.75 Å². The van der Waals surface area contributed by atoms with Crippen molar-refractivity contribution in [3.8, 4) is 5.75 Å². The second-order valence-corrected chi connectivity index (χ2v) is 6.27. The van der Waals surface area contributed by atoms with Gasteiger partial charge in [0.05, 0.1) is 6.61 Å². The van der Waals surface area contributed by atoms with E-state index >= 15 is 0 Å². The van der Waals surface area contributed by atoms with Crippen LogP contribution in [0.1, 0.15) is 33.3 Å². The first-order chi connectivity index (χ1) is 10.7. The summed E-state index contributed by atoms with van der Waals surface area (Å²) in [6.45, 7) is 8.06. The normalized spacial score (nSPS) is 12.5. The molecule has 1 unspecified atom stereocenters. The molecule has 0 aliphatic rings. The zero-order valence-electron chi connectivity index (χ0n) is 14.1. The first-order valence-electron chi connectivity index (χ1n) is 7.54. The highest BCUT2D eigenvalue weighted by molar-refractivity contribution is 5.80. The fraction of sp³-hybridized carbons (Fsp3) is 0.529. The Morgan fingerprint density at radius 3 is 2.35 bits per heavy atom. The van der Waals surface area contributed by atoms with Crippen LogP contribution >= 0.6 is 0 Å². The van der Waals surface area contributed by atoms with Crippen molar-refractivity contribution in [2.45, 2.75) is 39.2 Å². The van der Waals surface area contributed by atoms with Gasteiger partial charge >= 0.3 is 5.97 Å². The Labute approximate surface area is 136 Å². The van der Waals surface area contributed by atoms with Gasteiger partial charge in [0.2, 0.25) is 0 Å². The van der Waals surface area contributed by atoms with Crippen LogP contribution in [-0.4, -0.2) is 42.8 Å². The molecule has 1 aromatic carbocycles. The molecule has 1 rings (SSSR count). The predicted molar refractivity (Wildman–Crippen MR) is 86.7 cm³/mol. The molecule has 0 heterocycles. The molecule has 0 radical (unpaired) electrons. The van der Waals surface area contributed by atoms with E-state index in [-0.39, 0.29) is 31.1 Å². The number of carboxylic acid groups (broad SMARTS) is 1.